The lowest BCUT2D eigenvalue weighted by Crippen LogP contribution is -2.29. The molecule has 0 aliphatic rings. The van der Waals surface area contributed by atoms with Crippen molar-refractivity contribution in [3.8, 4) is 0 Å². The van der Waals surface area contributed by atoms with Crippen LogP contribution in [0.3, 0.4) is 0 Å². The third kappa shape index (κ3) is 5.30. The molecule has 0 fully saturated rings. The number of halogens is 1. The summed E-state index contributed by atoms with van der Waals surface area (Å²) in [5.74, 6) is 0.748. The monoisotopic (exact) mass is 354 g/mol. The third-order valence-corrected chi connectivity index (χ3v) is 3.62. The van der Waals surface area contributed by atoms with Crippen LogP contribution in [0.15, 0.2) is 34.9 Å². The molecule has 2 atom stereocenters. The minimum absolute atomic E-state index is 0. The average molecular weight is 355 g/mol. The molecule has 8 heteroatoms. The molecular formula is C16H23ClN4O3. The highest BCUT2D eigenvalue weighted by Crippen LogP contribution is 2.16. The Kier molecular flexibility index (Phi) is 7.84. The van der Waals surface area contributed by atoms with Crippen LogP contribution in [-0.4, -0.2) is 35.1 Å². The van der Waals surface area contributed by atoms with Gasteiger partial charge in [0.25, 0.3) is 0 Å². The first-order valence-corrected chi connectivity index (χ1v) is 7.41. The molecule has 24 heavy (non-hydrogen) atoms. The van der Waals surface area contributed by atoms with Gasteiger partial charge in [-0.05, 0) is 12.5 Å². The Morgan fingerprint density at radius 2 is 2.04 bits per heavy atom. The van der Waals surface area contributed by atoms with Crippen molar-refractivity contribution in [3.05, 3.63) is 47.6 Å². The standard InChI is InChI=1S/C16H22N4O3.ClH/c1-11(22-3)16-18-14(23-19-16)10-20(2)15(21)9-13(17)12-7-5-4-6-8-12;/h4-8,11,13H,9-10,17H2,1-3H3;1H. The van der Waals surface area contributed by atoms with Crippen molar-refractivity contribution < 1.29 is 14.1 Å². The normalized spacial score (nSPS) is 13.0. The molecule has 0 saturated carbocycles. The van der Waals surface area contributed by atoms with Gasteiger partial charge < -0.3 is 19.9 Å². The van der Waals surface area contributed by atoms with Crippen molar-refractivity contribution in [1.29, 1.82) is 0 Å². The van der Waals surface area contributed by atoms with Crippen molar-refractivity contribution in [2.45, 2.75) is 32.0 Å². The van der Waals surface area contributed by atoms with Crippen molar-refractivity contribution in [2.75, 3.05) is 14.2 Å². The van der Waals surface area contributed by atoms with Crippen LogP contribution in [0.25, 0.3) is 0 Å². The van der Waals surface area contributed by atoms with E-state index < -0.39 is 0 Å². The first kappa shape index (κ1) is 20.1. The molecule has 2 N–H and O–H groups in total. The summed E-state index contributed by atoms with van der Waals surface area (Å²) in [5.41, 5.74) is 7.01. The summed E-state index contributed by atoms with van der Waals surface area (Å²) >= 11 is 0. The molecule has 0 spiro atoms. The molecular weight excluding hydrogens is 332 g/mol. The van der Waals surface area contributed by atoms with Gasteiger partial charge in [0.1, 0.15) is 6.10 Å². The Bertz CT molecular complexity index is 635. The zero-order chi connectivity index (χ0) is 16.8. The number of hydrogen-bond donors (Lipinski definition) is 1. The van der Waals surface area contributed by atoms with Crippen LogP contribution in [0.5, 0.6) is 0 Å². The molecule has 0 aliphatic carbocycles. The molecule has 0 saturated heterocycles. The molecule has 132 valence electrons. The van der Waals surface area contributed by atoms with E-state index in [-0.39, 0.29) is 43.4 Å². The molecule has 0 aliphatic heterocycles. The summed E-state index contributed by atoms with van der Waals surface area (Å²) in [7, 11) is 3.25. The highest BCUT2D eigenvalue weighted by Gasteiger charge is 2.19. The van der Waals surface area contributed by atoms with Crippen LogP contribution in [0.2, 0.25) is 0 Å². The fraction of sp³-hybridized carbons (Fsp3) is 0.438. The minimum atomic E-state index is -0.335. The Hall–Kier alpha value is -1.96. The molecule has 0 radical (unpaired) electrons. The van der Waals surface area contributed by atoms with Crippen molar-refractivity contribution in [3.63, 3.8) is 0 Å². The van der Waals surface area contributed by atoms with Gasteiger partial charge in [0, 0.05) is 26.6 Å². The average Bonchev–Trinajstić information content (AvgIpc) is 3.03. The summed E-state index contributed by atoms with van der Waals surface area (Å²) in [5, 5.41) is 3.83. The second-order valence-corrected chi connectivity index (χ2v) is 5.40. The number of amides is 1. The first-order chi connectivity index (χ1) is 11.0. The molecule has 2 unspecified atom stereocenters. The van der Waals surface area contributed by atoms with Crippen LogP contribution >= 0.6 is 12.4 Å². The quantitative estimate of drug-likeness (QED) is 0.819. The summed E-state index contributed by atoms with van der Waals surface area (Å²) in [6.07, 6.45) is -0.0318. The number of benzene rings is 1. The van der Waals surface area contributed by atoms with E-state index in [1.807, 2.05) is 37.3 Å². The van der Waals surface area contributed by atoms with Crippen LogP contribution in [0.1, 0.15) is 42.8 Å². The van der Waals surface area contributed by atoms with E-state index in [0.29, 0.717) is 11.7 Å². The molecule has 7 nitrogen and oxygen atoms in total. The fourth-order valence-electron chi connectivity index (χ4n) is 2.06. The maximum absolute atomic E-state index is 12.3. The van der Waals surface area contributed by atoms with Crippen molar-refractivity contribution in [1.82, 2.24) is 15.0 Å². The number of hydrogen-bond acceptors (Lipinski definition) is 6. The summed E-state index contributed by atoms with van der Waals surface area (Å²) < 4.78 is 10.3. The number of nitrogens with zero attached hydrogens (tertiary/aromatic N) is 3. The van der Waals surface area contributed by atoms with Crippen molar-refractivity contribution >= 4 is 18.3 Å². The summed E-state index contributed by atoms with van der Waals surface area (Å²) in [6.45, 7) is 2.06. The number of ether oxygens (including phenoxy) is 1. The zero-order valence-corrected chi connectivity index (χ0v) is 14.8. The van der Waals surface area contributed by atoms with E-state index in [4.69, 9.17) is 15.0 Å². The fourth-order valence-corrected chi connectivity index (χ4v) is 2.06. The Labute approximate surface area is 147 Å². The van der Waals surface area contributed by atoms with Gasteiger partial charge in [0.15, 0.2) is 5.82 Å². The Morgan fingerprint density at radius 3 is 2.67 bits per heavy atom. The van der Waals surface area contributed by atoms with Gasteiger partial charge in [0.2, 0.25) is 11.8 Å². The predicted octanol–water partition coefficient (Wildman–Crippen LogP) is 2.25. The van der Waals surface area contributed by atoms with E-state index in [2.05, 4.69) is 10.1 Å². The molecule has 2 aromatic rings. The topological polar surface area (TPSA) is 94.5 Å². The van der Waals surface area contributed by atoms with Crippen LogP contribution in [-0.2, 0) is 16.1 Å². The molecule has 0 bridgehead atoms. The van der Waals surface area contributed by atoms with E-state index >= 15 is 0 Å². The maximum Gasteiger partial charge on any atom is 0.246 e. The minimum Gasteiger partial charge on any atom is -0.374 e. The number of aromatic nitrogens is 2. The Balaban J connectivity index is 0.00000288. The second-order valence-electron chi connectivity index (χ2n) is 5.40. The van der Waals surface area contributed by atoms with Gasteiger partial charge in [-0.1, -0.05) is 35.5 Å². The van der Waals surface area contributed by atoms with E-state index in [1.54, 1.807) is 14.2 Å². The molecule has 1 aromatic carbocycles. The van der Waals surface area contributed by atoms with Gasteiger partial charge in [-0.15, -0.1) is 12.4 Å². The Morgan fingerprint density at radius 1 is 1.38 bits per heavy atom. The number of nitrogens with two attached hydrogens (primary N) is 1. The summed E-state index contributed by atoms with van der Waals surface area (Å²) in [4.78, 5) is 18.0. The summed E-state index contributed by atoms with van der Waals surface area (Å²) in [6, 6.07) is 9.21. The van der Waals surface area contributed by atoms with E-state index in [1.165, 1.54) is 4.90 Å². The van der Waals surface area contributed by atoms with Gasteiger partial charge in [-0.3, -0.25) is 4.79 Å². The third-order valence-electron chi connectivity index (χ3n) is 3.62. The van der Waals surface area contributed by atoms with Crippen LogP contribution < -0.4 is 5.73 Å². The van der Waals surface area contributed by atoms with Crippen LogP contribution in [0.4, 0.5) is 0 Å². The molecule has 1 aromatic heterocycles. The highest BCUT2D eigenvalue weighted by atomic mass is 35.5. The second kappa shape index (κ2) is 9.36. The predicted molar refractivity (Wildman–Crippen MR) is 91.4 cm³/mol. The molecule has 1 amide bonds. The zero-order valence-electron chi connectivity index (χ0n) is 14.0. The van der Waals surface area contributed by atoms with Gasteiger partial charge in [-0.25, -0.2) is 0 Å². The first-order valence-electron chi connectivity index (χ1n) is 7.41. The molecule has 2 rings (SSSR count). The smallest absolute Gasteiger partial charge is 0.246 e. The van der Waals surface area contributed by atoms with E-state index in [9.17, 15) is 4.79 Å². The number of rotatable bonds is 7. The highest BCUT2D eigenvalue weighted by molar-refractivity contribution is 5.85. The van der Waals surface area contributed by atoms with Gasteiger partial charge >= 0.3 is 0 Å². The largest absolute Gasteiger partial charge is 0.374 e. The number of carbonyl (C=O) groups is 1. The lowest BCUT2D eigenvalue weighted by atomic mass is 10.0. The molecule has 1 heterocycles. The maximum atomic E-state index is 12.3. The lowest BCUT2D eigenvalue weighted by molar-refractivity contribution is -0.131. The van der Waals surface area contributed by atoms with E-state index in [0.717, 1.165) is 5.56 Å². The number of carbonyl (C=O) groups excluding carboxylic acids is 1. The van der Waals surface area contributed by atoms with Gasteiger partial charge in [0.05, 0.1) is 6.54 Å². The van der Waals surface area contributed by atoms with Gasteiger partial charge in [-0.2, -0.15) is 4.98 Å². The lowest BCUT2D eigenvalue weighted by Gasteiger charge is -2.18. The van der Waals surface area contributed by atoms with Crippen molar-refractivity contribution in [2.24, 2.45) is 5.73 Å². The van der Waals surface area contributed by atoms with Crippen LogP contribution in [0, 0.1) is 0 Å². The number of methoxy groups -OCH3 is 1. The SMILES string of the molecule is COC(C)c1noc(CN(C)C(=O)CC(N)c2ccccc2)n1.Cl.